The fraction of sp³-hybridized carbons (Fsp3) is 0.273. The van der Waals surface area contributed by atoms with E-state index >= 15 is 0 Å². The van der Waals surface area contributed by atoms with E-state index in [2.05, 4.69) is 20.4 Å². The first-order chi connectivity index (χ1) is 15.2. The molecular weight excluding hydrogens is 430 g/mol. The first-order valence-electron chi connectivity index (χ1n) is 10.0. The summed E-state index contributed by atoms with van der Waals surface area (Å²) in [5.74, 6) is 0.364. The summed E-state index contributed by atoms with van der Waals surface area (Å²) in [6.07, 6.45) is 4.89. The largest absolute Gasteiger partial charge is 0.339 e. The van der Waals surface area contributed by atoms with Crippen LogP contribution in [-0.4, -0.2) is 45.9 Å². The average molecular weight is 454 g/mol. The van der Waals surface area contributed by atoms with Crippen molar-refractivity contribution in [1.82, 2.24) is 19.5 Å². The monoisotopic (exact) mass is 453 g/mol. The number of pyridine rings is 1. The Morgan fingerprint density at radius 3 is 2.84 bits per heavy atom. The predicted octanol–water partition coefficient (Wildman–Crippen LogP) is 3.17. The van der Waals surface area contributed by atoms with Crippen molar-refractivity contribution < 1.29 is 17.7 Å². The standard InChI is InChI=1S/C22H23N5O4S/c1-14(13-32(3,29)30)10-20-25-21(26-31-20)16-8-7-15(2)17(11-16)24-22(28)18-12-23-19-6-4-5-9-27(18)19/h4-9,11-12,14H,10,13H2,1-3H3,(H,24,28)/t14-/m1/s1. The van der Waals surface area contributed by atoms with Crippen LogP contribution in [0.2, 0.25) is 0 Å². The molecule has 1 amide bonds. The summed E-state index contributed by atoms with van der Waals surface area (Å²) in [7, 11) is -3.08. The number of aromatic nitrogens is 4. The number of amides is 1. The van der Waals surface area contributed by atoms with Crippen LogP contribution in [0.15, 0.2) is 53.3 Å². The number of anilines is 1. The number of rotatable bonds is 7. The summed E-state index contributed by atoms with van der Waals surface area (Å²) >= 11 is 0. The number of benzene rings is 1. The molecule has 0 aliphatic carbocycles. The molecule has 0 saturated heterocycles. The van der Waals surface area contributed by atoms with Gasteiger partial charge in [-0.3, -0.25) is 9.20 Å². The maximum absolute atomic E-state index is 12.9. The number of fused-ring (bicyclic) bond motifs is 1. The van der Waals surface area contributed by atoms with Crippen LogP contribution in [0.5, 0.6) is 0 Å². The molecule has 166 valence electrons. The van der Waals surface area contributed by atoms with Gasteiger partial charge < -0.3 is 9.84 Å². The number of imidazole rings is 1. The van der Waals surface area contributed by atoms with E-state index in [9.17, 15) is 13.2 Å². The second kappa shape index (κ2) is 8.54. The summed E-state index contributed by atoms with van der Waals surface area (Å²) in [4.78, 5) is 21.5. The quantitative estimate of drug-likeness (QED) is 0.456. The second-order valence-corrected chi connectivity index (χ2v) is 10.2. The zero-order chi connectivity index (χ0) is 22.9. The zero-order valence-corrected chi connectivity index (χ0v) is 18.8. The molecule has 3 heterocycles. The molecule has 1 aromatic carbocycles. The number of carbonyl (C=O) groups excluding carboxylic acids is 1. The molecule has 0 fully saturated rings. The van der Waals surface area contributed by atoms with Crippen LogP contribution < -0.4 is 5.32 Å². The van der Waals surface area contributed by atoms with E-state index in [1.807, 2.05) is 44.2 Å². The first-order valence-corrected chi connectivity index (χ1v) is 12.1. The summed E-state index contributed by atoms with van der Waals surface area (Å²) in [6, 6.07) is 11.0. The molecule has 1 atom stereocenters. The Balaban J connectivity index is 1.53. The molecule has 4 aromatic rings. The molecule has 1 N–H and O–H groups in total. The van der Waals surface area contributed by atoms with Crippen LogP contribution in [0.3, 0.4) is 0 Å². The van der Waals surface area contributed by atoms with Crippen molar-refractivity contribution in [3.8, 4) is 11.4 Å². The lowest BCUT2D eigenvalue weighted by molar-refractivity contribution is 0.102. The number of aryl methyl sites for hydroxylation is 1. The minimum absolute atomic E-state index is 0.0503. The van der Waals surface area contributed by atoms with Crippen LogP contribution >= 0.6 is 0 Å². The second-order valence-electron chi connectivity index (χ2n) is 7.97. The molecule has 0 aliphatic heterocycles. The molecule has 9 nitrogen and oxygen atoms in total. The van der Waals surface area contributed by atoms with Gasteiger partial charge in [-0.15, -0.1) is 0 Å². The summed E-state index contributed by atoms with van der Waals surface area (Å²) in [5.41, 5.74) is 3.28. The van der Waals surface area contributed by atoms with Gasteiger partial charge in [0, 0.05) is 30.1 Å². The van der Waals surface area contributed by atoms with Gasteiger partial charge in [-0.2, -0.15) is 4.98 Å². The summed E-state index contributed by atoms with van der Waals surface area (Å²) < 4.78 is 30.0. The van der Waals surface area contributed by atoms with E-state index in [4.69, 9.17) is 4.52 Å². The van der Waals surface area contributed by atoms with E-state index in [0.29, 0.717) is 40.7 Å². The fourth-order valence-electron chi connectivity index (χ4n) is 3.51. The van der Waals surface area contributed by atoms with Crippen LogP contribution in [0, 0.1) is 12.8 Å². The van der Waals surface area contributed by atoms with Gasteiger partial charge in [-0.05, 0) is 36.6 Å². The van der Waals surface area contributed by atoms with Crippen LogP contribution in [0.1, 0.15) is 28.9 Å². The molecule has 0 unspecified atom stereocenters. The topological polar surface area (TPSA) is 119 Å². The highest BCUT2D eigenvalue weighted by molar-refractivity contribution is 7.90. The smallest absolute Gasteiger partial charge is 0.274 e. The Hall–Kier alpha value is -3.53. The Labute approximate surface area is 185 Å². The first kappa shape index (κ1) is 21.7. The molecule has 3 aromatic heterocycles. The van der Waals surface area contributed by atoms with Crippen LogP contribution in [0.4, 0.5) is 5.69 Å². The lowest BCUT2D eigenvalue weighted by Gasteiger charge is -2.09. The average Bonchev–Trinajstić information content (AvgIpc) is 3.35. The van der Waals surface area contributed by atoms with Crippen molar-refractivity contribution in [2.75, 3.05) is 17.3 Å². The Morgan fingerprint density at radius 1 is 1.25 bits per heavy atom. The van der Waals surface area contributed by atoms with E-state index in [0.717, 1.165) is 5.56 Å². The van der Waals surface area contributed by atoms with Gasteiger partial charge in [0.05, 0.1) is 11.9 Å². The maximum atomic E-state index is 12.9. The van der Waals surface area contributed by atoms with Gasteiger partial charge in [-0.1, -0.05) is 30.3 Å². The van der Waals surface area contributed by atoms with Gasteiger partial charge in [-0.25, -0.2) is 13.4 Å². The third-order valence-corrected chi connectivity index (χ3v) is 6.15. The molecule has 0 saturated carbocycles. The van der Waals surface area contributed by atoms with Gasteiger partial charge in [0.15, 0.2) is 0 Å². The minimum atomic E-state index is -3.08. The van der Waals surface area contributed by atoms with Crippen LogP contribution in [-0.2, 0) is 16.3 Å². The summed E-state index contributed by atoms with van der Waals surface area (Å²) in [5, 5.41) is 6.94. The Kier molecular flexibility index (Phi) is 5.79. The minimum Gasteiger partial charge on any atom is -0.339 e. The van der Waals surface area contributed by atoms with Gasteiger partial charge in [0.2, 0.25) is 11.7 Å². The van der Waals surface area contributed by atoms with Crippen molar-refractivity contribution in [2.24, 2.45) is 5.92 Å². The molecule has 0 spiro atoms. The van der Waals surface area contributed by atoms with Gasteiger partial charge >= 0.3 is 0 Å². The Morgan fingerprint density at radius 2 is 2.06 bits per heavy atom. The van der Waals surface area contributed by atoms with E-state index in [-0.39, 0.29) is 17.6 Å². The number of hydrogen-bond acceptors (Lipinski definition) is 7. The fourth-order valence-corrected chi connectivity index (χ4v) is 4.66. The number of carbonyl (C=O) groups is 1. The molecule has 32 heavy (non-hydrogen) atoms. The van der Waals surface area contributed by atoms with E-state index < -0.39 is 9.84 Å². The number of nitrogens with zero attached hydrogens (tertiary/aromatic N) is 4. The van der Waals surface area contributed by atoms with E-state index in [1.54, 1.807) is 16.7 Å². The normalized spacial score (nSPS) is 12.7. The third kappa shape index (κ3) is 4.86. The van der Waals surface area contributed by atoms with Crippen molar-refractivity contribution in [3.63, 3.8) is 0 Å². The number of nitrogens with one attached hydrogen (secondary N) is 1. The molecule has 0 aliphatic rings. The molecule has 0 radical (unpaired) electrons. The molecule has 0 bridgehead atoms. The Bertz CT molecular complexity index is 1390. The lowest BCUT2D eigenvalue weighted by atomic mass is 10.1. The molecule has 4 rings (SSSR count). The highest BCUT2D eigenvalue weighted by Crippen LogP contribution is 2.25. The van der Waals surface area contributed by atoms with Crippen molar-refractivity contribution in [3.05, 3.63) is 65.9 Å². The van der Waals surface area contributed by atoms with Crippen molar-refractivity contribution in [2.45, 2.75) is 20.3 Å². The van der Waals surface area contributed by atoms with Crippen LogP contribution in [0.25, 0.3) is 17.0 Å². The maximum Gasteiger partial charge on any atom is 0.274 e. The molecular formula is C22H23N5O4S. The third-order valence-electron chi connectivity index (χ3n) is 4.97. The molecule has 10 heteroatoms. The SMILES string of the molecule is Cc1ccc(-c2noc(C[C@@H](C)CS(C)(=O)=O)n2)cc1NC(=O)c1cnc2ccccn12. The lowest BCUT2D eigenvalue weighted by Crippen LogP contribution is -2.15. The van der Waals surface area contributed by atoms with Gasteiger partial charge in [0.25, 0.3) is 5.91 Å². The summed E-state index contributed by atoms with van der Waals surface area (Å²) in [6.45, 7) is 3.72. The van der Waals surface area contributed by atoms with Gasteiger partial charge in [0.1, 0.15) is 21.2 Å². The highest BCUT2D eigenvalue weighted by atomic mass is 32.2. The number of hydrogen-bond donors (Lipinski definition) is 1. The van der Waals surface area contributed by atoms with Crippen molar-refractivity contribution >= 4 is 27.1 Å². The predicted molar refractivity (Wildman–Crippen MR) is 120 cm³/mol. The highest BCUT2D eigenvalue weighted by Gasteiger charge is 2.18. The zero-order valence-electron chi connectivity index (χ0n) is 17.9. The number of sulfone groups is 1. The van der Waals surface area contributed by atoms with Crippen molar-refractivity contribution in [1.29, 1.82) is 0 Å². The van der Waals surface area contributed by atoms with E-state index in [1.165, 1.54) is 12.5 Å².